The monoisotopic (exact) mass is 184 g/mol. The normalized spacial score (nSPS) is 45.4. The summed E-state index contributed by atoms with van der Waals surface area (Å²) in [6.07, 6.45) is 6.01. The van der Waals surface area contributed by atoms with Crippen LogP contribution in [0.15, 0.2) is 12.2 Å². The third kappa shape index (κ3) is 1.64. The second-order valence-electron chi connectivity index (χ2n) is 3.77. The summed E-state index contributed by atoms with van der Waals surface area (Å²) >= 11 is 0. The minimum atomic E-state index is -0.744. The molecule has 1 N–H and O–H groups in total. The first-order valence-electron chi connectivity index (χ1n) is 4.91. The maximum Gasteiger partial charge on any atom is 0.198 e. The summed E-state index contributed by atoms with van der Waals surface area (Å²) in [5.41, 5.74) is 0. The van der Waals surface area contributed by atoms with Crippen molar-refractivity contribution in [2.24, 2.45) is 0 Å². The van der Waals surface area contributed by atoms with E-state index in [1.165, 1.54) is 0 Å². The van der Waals surface area contributed by atoms with Crippen LogP contribution in [0.25, 0.3) is 0 Å². The smallest absolute Gasteiger partial charge is 0.198 e. The van der Waals surface area contributed by atoms with Gasteiger partial charge in [0.05, 0.1) is 12.7 Å². The van der Waals surface area contributed by atoms with E-state index in [2.05, 4.69) is 0 Å². The molecule has 0 bridgehead atoms. The number of aliphatic hydroxyl groups is 1. The Balaban J connectivity index is 2.15. The Morgan fingerprint density at radius 2 is 2.23 bits per heavy atom. The molecule has 2 rings (SSSR count). The van der Waals surface area contributed by atoms with Crippen LogP contribution in [0.4, 0.5) is 0 Å². The van der Waals surface area contributed by atoms with E-state index in [4.69, 9.17) is 9.47 Å². The summed E-state index contributed by atoms with van der Waals surface area (Å²) in [5, 5.41) is 9.77. The van der Waals surface area contributed by atoms with Gasteiger partial charge in [-0.25, -0.2) is 0 Å². The second kappa shape index (κ2) is 3.40. The van der Waals surface area contributed by atoms with Gasteiger partial charge in [-0.2, -0.15) is 0 Å². The van der Waals surface area contributed by atoms with Gasteiger partial charge in [-0.05, 0) is 19.8 Å². The van der Waals surface area contributed by atoms with Crippen molar-refractivity contribution in [2.45, 2.75) is 44.2 Å². The molecule has 0 unspecified atom stereocenters. The lowest BCUT2D eigenvalue weighted by atomic mass is 9.97. The molecule has 2 heterocycles. The molecule has 3 atom stereocenters. The molecular formula is C10H16O3. The molecule has 13 heavy (non-hydrogen) atoms. The largest absolute Gasteiger partial charge is 0.383 e. The van der Waals surface area contributed by atoms with E-state index in [1.807, 2.05) is 13.0 Å². The summed E-state index contributed by atoms with van der Waals surface area (Å²) in [6.45, 7) is 2.65. The summed E-state index contributed by atoms with van der Waals surface area (Å²) < 4.78 is 11.2. The molecular weight excluding hydrogens is 168 g/mol. The van der Waals surface area contributed by atoms with Gasteiger partial charge in [-0.1, -0.05) is 12.2 Å². The highest BCUT2D eigenvalue weighted by Gasteiger charge is 2.43. The van der Waals surface area contributed by atoms with Gasteiger partial charge in [0.1, 0.15) is 6.10 Å². The van der Waals surface area contributed by atoms with Crippen LogP contribution in [0.3, 0.4) is 0 Å². The molecule has 0 radical (unpaired) electrons. The molecule has 0 amide bonds. The van der Waals surface area contributed by atoms with Gasteiger partial charge in [0.2, 0.25) is 0 Å². The Morgan fingerprint density at radius 3 is 2.92 bits per heavy atom. The lowest BCUT2D eigenvalue weighted by Gasteiger charge is -2.43. The van der Waals surface area contributed by atoms with Gasteiger partial charge in [0, 0.05) is 6.42 Å². The molecule has 1 saturated heterocycles. The first kappa shape index (κ1) is 9.19. The minimum Gasteiger partial charge on any atom is -0.383 e. The van der Waals surface area contributed by atoms with Gasteiger partial charge >= 0.3 is 0 Å². The first-order valence-corrected chi connectivity index (χ1v) is 4.91. The topological polar surface area (TPSA) is 38.7 Å². The van der Waals surface area contributed by atoms with Crippen LogP contribution in [0, 0.1) is 0 Å². The second-order valence-corrected chi connectivity index (χ2v) is 3.77. The van der Waals surface area contributed by atoms with E-state index in [0.717, 1.165) is 19.3 Å². The van der Waals surface area contributed by atoms with E-state index in [1.54, 1.807) is 6.08 Å². The third-order valence-corrected chi connectivity index (χ3v) is 2.67. The quantitative estimate of drug-likeness (QED) is 0.575. The first-order chi connectivity index (χ1) is 6.23. The molecule has 3 nitrogen and oxygen atoms in total. The van der Waals surface area contributed by atoms with Crippen molar-refractivity contribution in [1.29, 1.82) is 0 Å². The van der Waals surface area contributed by atoms with Gasteiger partial charge in [0.25, 0.3) is 0 Å². The number of aliphatic hydroxyl groups excluding tert-OH is 1. The van der Waals surface area contributed by atoms with E-state index in [-0.39, 0.29) is 6.10 Å². The molecule has 0 aromatic rings. The predicted molar refractivity (Wildman–Crippen MR) is 48.2 cm³/mol. The Bertz CT molecular complexity index is 206. The van der Waals surface area contributed by atoms with Crippen LogP contribution in [0.1, 0.15) is 26.2 Å². The van der Waals surface area contributed by atoms with E-state index in [0.29, 0.717) is 6.61 Å². The fourth-order valence-corrected chi connectivity index (χ4v) is 1.95. The fraction of sp³-hybridized carbons (Fsp3) is 0.800. The van der Waals surface area contributed by atoms with Crippen LogP contribution < -0.4 is 0 Å². The molecule has 0 saturated carbocycles. The average molecular weight is 184 g/mol. The summed E-state index contributed by atoms with van der Waals surface area (Å²) in [5.74, 6) is -0.744. The van der Waals surface area contributed by atoms with Gasteiger partial charge < -0.3 is 14.6 Å². The summed E-state index contributed by atoms with van der Waals surface area (Å²) in [6, 6.07) is 0. The van der Waals surface area contributed by atoms with Crippen LogP contribution in [-0.4, -0.2) is 29.7 Å². The number of ether oxygens (including phenoxy) is 2. The van der Waals surface area contributed by atoms with Crippen molar-refractivity contribution in [2.75, 3.05) is 6.61 Å². The van der Waals surface area contributed by atoms with E-state index >= 15 is 0 Å². The standard InChI is InChI=1S/C10H16O3/c1-8-4-5-9(11)10(13-8)6-2-3-7-12-10/h4-5,8-9,11H,2-3,6-7H2,1H3/t8-,9+,10+/m1/s1. The number of hydrogen-bond acceptors (Lipinski definition) is 3. The third-order valence-electron chi connectivity index (χ3n) is 2.67. The Morgan fingerprint density at radius 1 is 1.38 bits per heavy atom. The predicted octanol–water partition coefficient (Wildman–Crippen LogP) is 1.22. The molecule has 74 valence electrons. The maximum absolute atomic E-state index is 9.77. The maximum atomic E-state index is 9.77. The highest BCUT2D eigenvalue weighted by atomic mass is 16.7. The van der Waals surface area contributed by atoms with Gasteiger partial charge in [-0.15, -0.1) is 0 Å². The molecule has 2 aliphatic rings. The lowest BCUT2D eigenvalue weighted by molar-refractivity contribution is -0.303. The zero-order chi connectivity index (χ0) is 9.31. The molecule has 1 fully saturated rings. The Hall–Kier alpha value is -0.380. The van der Waals surface area contributed by atoms with Crippen molar-refractivity contribution in [3.63, 3.8) is 0 Å². The minimum absolute atomic E-state index is 0.0431. The van der Waals surface area contributed by atoms with E-state index < -0.39 is 11.9 Å². The Labute approximate surface area is 78.3 Å². The van der Waals surface area contributed by atoms with E-state index in [9.17, 15) is 5.11 Å². The van der Waals surface area contributed by atoms with Crippen molar-refractivity contribution in [3.8, 4) is 0 Å². The molecule has 3 heteroatoms. The summed E-state index contributed by atoms with van der Waals surface area (Å²) in [7, 11) is 0. The molecule has 1 spiro atoms. The summed E-state index contributed by atoms with van der Waals surface area (Å²) in [4.78, 5) is 0. The molecule has 0 aromatic carbocycles. The van der Waals surface area contributed by atoms with Crippen LogP contribution in [0.5, 0.6) is 0 Å². The van der Waals surface area contributed by atoms with Crippen molar-refractivity contribution < 1.29 is 14.6 Å². The van der Waals surface area contributed by atoms with Crippen molar-refractivity contribution >= 4 is 0 Å². The molecule has 0 aromatic heterocycles. The van der Waals surface area contributed by atoms with Crippen molar-refractivity contribution in [1.82, 2.24) is 0 Å². The van der Waals surface area contributed by atoms with Crippen LogP contribution in [0.2, 0.25) is 0 Å². The zero-order valence-corrected chi connectivity index (χ0v) is 7.90. The van der Waals surface area contributed by atoms with Gasteiger partial charge in [0.15, 0.2) is 5.79 Å². The van der Waals surface area contributed by atoms with Crippen molar-refractivity contribution in [3.05, 3.63) is 12.2 Å². The highest BCUT2D eigenvalue weighted by molar-refractivity contribution is 5.05. The van der Waals surface area contributed by atoms with Crippen LogP contribution >= 0.6 is 0 Å². The average Bonchev–Trinajstić information content (AvgIpc) is 2.14. The zero-order valence-electron chi connectivity index (χ0n) is 7.90. The number of hydrogen-bond donors (Lipinski definition) is 1. The molecule has 2 aliphatic heterocycles. The number of rotatable bonds is 0. The lowest BCUT2D eigenvalue weighted by Crippen LogP contribution is -2.52. The van der Waals surface area contributed by atoms with Crippen LogP contribution in [-0.2, 0) is 9.47 Å². The molecule has 0 aliphatic carbocycles. The SMILES string of the molecule is C[C@@H]1C=C[C@H](O)[C@]2(CCCCO2)O1. The van der Waals surface area contributed by atoms with Gasteiger partial charge in [-0.3, -0.25) is 0 Å². The Kier molecular flexibility index (Phi) is 2.41. The highest BCUT2D eigenvalue weighted by Crippen LogP contribution is 2.34. The fourth-order valence-electron chi connectivity index (χ4n) is 1.95.